The van der Waals surface area contributed by atoms with Crippen LogP contribution < -0.4 is 15.4 Å². The van der Waals surface area contributed by atoms with Crippen LogP contribution in [0.4, 0.5) is 5.69 Å². The van der Waals surface area contributed by atoms with Crippen molar-refractivity contribution in [1.82, 2.24) is 0 Å². The van der Waals surface area contributed by atoms with Crippen LogP contribution in [0.5, 0.6) is 11.5 Å². The average molecular weight is 408 g/mol. The Morgan fingerprint density at radius 1 is 1.17 bits per heavy atom. The Balaban J connectivity index is 2.04. The SMILES string of the molecule is CN=C(c1ccc(OCCN=O)cc1O)N(C(N)=S)c1cccc2ccccc12. The fraction of sp³-hybridized carbons (Fsp3) is 0.143. The monoisotopic (exact) mass is 408 g/mol. The molecule has 0 saturated heterocycles. The Kier molecular flexibility index (Phi) is 6.36. The zero-order valence-corrected chi connectivity index (χ0v) is 16.6. The highest BCUT2D eigenvalue weighted by Gasteiger charge is 2.22. The molecule has 0 atom stereocenters. The van der Waals surface area contributed by atoms with Gasteiger partial charge < -0.3 is 15.6 Å². The summed E-state index contributed by atoms with van der Waals surface area (Å²) in [5, 5.41) is 15.4. The predicted molar refractivity (Wildman–Crippen MR) is 120 cm³/mol. The Morgan fingerprint density at radius 3 is 2.62 bits per heavy atom. The van der Waals surface area contributed by atoms with Crippen molar-refractivity contribution in [3.05, 3.63) is 71.1 Å². The van der Waals surface area contributed by atoms with Gasteiger partial charge in [0.2, 0.25) is 0 Å². The standard InChI is InChI=1S/C21H20N4O3S/c1-23-20(17-10-9-15(13-19(17)26)28-12-11-24-27)25(21(22)29)18-8-4-6-14-5-2-3-7-16(14)18/h2-10,13,26H,11-12H2,1H3,(H2,22,29). The molecule has 29 heavy (non-hydrogen) atoms. The second-order valence-corrected chi connectivity index (χ2v) is 6.52. The van der Waals surface area contributed by atoms with Gasteiger partial charge >= 0.3 is 0 Å². The summed E-state index contributed by atoms with van der Waals surface area (Å²) >= 11 is 5.32. The highest BCUT2D eigenvalue weighted by Crippen LogP contribution is 2.31. The maximum Gasteiger partial charge on any atom is 0.176 e. The van der Waals surface area contributed by atoms with Crippen molar-refractivity contribution >= 4 is 39.6 Å². The average Bonchev–Trinajstić information content (AvgIpc) is 2.72. The molecule has 0 spiro atoms. The molecule has 0 amide bonds. The van der Waals surface area contributed by atoms with Gasteiger partial charge in [-0.15, -0.1) is 0 Å². The molecule has 3 N–H and O–H groups in total. The van der Waals surface area contributed by atoms with E-state index in [1.165, 1.54) is 6.07 Å². The number of ether oxygens (including phenoxy) is 1. The van der Waals surface area contributed by atoms with Crippen molar-refractivity contribution in [1.29, 1.82) is 0 Å². The van der Waals surface area contributed by atoms with E-state index in [4.69, 9.17) is 22.7 Å². The molecule has 0 heterocycles. The van der Waals surface area contributed by atoms with Crippen molar-refractivity contribution in [3.63, 3.8) is 0 Å². The number of phenols is 1. The summed E-state index contributed by atoms with van der Waals surface area (Å²) in [5.41, 5.74) is 7.26. The molecule has 8 heteroatoms. The second-order valence-electron chi connectivity index (χ2n) is 6.10. The molecule has 7 nitrogen and oxygen atoms in total. The molecule has 3 aromatic rings. The molecule has 3 aromatic carbocycles. The first kappa shape index (κ1) is 20.2. The van der Waals surface area contributed by atoms with Gasteiger partial charge in [-0.1, -0.05) is 41.6 Å². The zero-order valence-electron chi connectivity index (χ0n) is 15.8. The molecular weight excluding hydrogens is 388 g/mol. The van der Waals surface area contributed by atoms with Crippen LogP contribution in [-0.2, 0) is 0 Å². The molecule has 0 aliphatic rings. The van der Waals surface area contributed by atoms with E-state index in [1.807, 2.05) is 42.5 Å². The first-order valence-electron chi connectivity index (χ1n) is 8.86. The summed E-state index contributed by atoms with van der Waals surface area (Å²) < 4.78 is 5.39. The number of aromatic hydroxyl groups is 1. The van der Waals surface area contributed by atoms with Crippen LogP contribution in [0.2, 0.25) is 0 Å². The molecule has 3 rings (SSSR count). The summed E-state index contributed by atoms with van der Waals surface area (Å²) in [6.07, 6.45) is 0. The number of thiocarbonyl (C=S) groups is 1. The second kappa shape index (κ2) is 9.11. The number of nitrogens with two attached hydrogens (primary N) is 1. The summed E-state index contributed by atoms with van der Waals surface area (Å²) in [7, 11) is 1.60. The van der Waals surface area contributed by atoms with Gasteiger partial charge in [-0.2, -0.15) is 4.91 Å². The van der Waals surface area contributed by atoms with E-state index in [2.05, 4.69) is 10.2 Å². The quantitative estimate of drug-likeness (QED) is 0.211. The van der Waals surface area contributed by atoms with Gasteiger partial charge in [0, 0.05) is 18.5 Å². The third kappa shape index (κ3) is 4.33. The maximum absolute atomic E-state index is 10.6. The topological polar surface area (TPSA) is 101 Å². The molecule has 0 aliphatic heterocycles. The molecule has 148 valence electrons. The lowest BCUT2D eigenvalue weighted by molar-refractivity contribution is 0.326. The molecule has 0 aromatic heterocycles. The van der Waals surface area contributed by atoms with Crippen molar-refractivity contribution in [2.45, 2.75) is 0 Å². The van der Waals surface area contributed by atoms with Gasteiger partial charge in [0.05, 0.1) is 11.3 Å². The van der Waals surface area contributed by atoms with E-state index in [9.17, 15) is 10.0 Å². The number of rotatable bonds is 6. The van der Waals surface area contributed by atoms with Gasteiger partial charge in [0.15, 0.2) is 5.11 Å². The molecule has 0 bridgehead atoms. The van der Waals surface area contributed by atoms with Gasteiger partial charge in [0.25, 0.3) is 0 Å². The molecule has 0 unspecified atom stereocenters. The van der Waals surface area contributed by atoms with Gasteiger partial charge in [-0.3, -0.25) is 9.89 Å². The number of aliphatic imine (C=N–C) groups is 1. The van der Waals surface area contributed by atoms with E-state index in [0.717, 1.165) is 16.5 Å². The van der Waals surface area contributed by atoms with Crippen LogP contribution in [0.15, 0.2) is 70.8 Å². The predicted octanol–water partition coefficient (Wildman–Crippen LogP) is 3.82. The highest BCUT2D eigenvalue weighted by atomic mass is 32.1. The minimum atomic E-state index is -0.0522. The van der Waals surface area contributed by atoms with Crippen LogP contribution in [0.25, 0.3) is 10.8 Å². The number of hydrogen-bond donors (Lipinski definition) is 2. The Hall–Kier alpha value is -3.52. The van der Waals surface area contributed by atoms with Crippen LogP contribution >= 0.6 is 12.2 Å². The number of phenolic OH excluding ortho intramolecular Hbond substituents is 1. The van der Waals surface area contributed by atoms with E-state index in [1.54, 1.807) is 24.1 Å². The number of hydrogen-bond acceptors (Lipinski definition) is 6. The lowest BCUT2D eigenvalue weighted by Crippen LogP contribution is -2.41. The maximum atomic E-state index is 10.6. The Labute approximate surface area is 173 Å². The molecule has 0 radical (unpaired) electrons. The first-order chi connectivity index (χ1) is 14.1. The van der Waals surface area contributed by atoms with Crippen molar-refractivity contribution in [2.24, 2.45) is 15.9 Å². The Bertz CT molecular complexity index is 1080. The van der Waals surface area contributed by atoms with Crippen molar-refractivity contribution < 1.29 is 9.84 Å². The smallest absolute Gasteiger partial charge is 0.176 e. The molecule has 0 fully saturated rings. The fourth-order valence-electron chi connectivity index (χ4n) is 3.07. The summed E-state index contributed by atoms with van der Waals surface area (Å²) in [5.74, 6) is 0.758. The van der Waals surface area contributed by atoms with Gasteiger partial charge in [-0.25, -0.2) is 0 Å². The van der Waals surface area contributed by atoms with E-state index in [-0.39, 0.29) is 24.0 Å². The highest BCUT2D eigenvalue weighted by molar-refractivity contribution is 7.80. The number of anilines is 1. The fourth-order valence-corrected chi connectivity index (χ4v) is 3.26. The Morgan fingerprint density at radius 2 is 1.93 bits per heavy atom. The number of nitroso groups, excluding NO2 is 1. The minimum absolute atomic E-state index is 0.0283. The van der Waals surface area contributed by atoms with Crippen molar-refractivity contribution in [2.75, 3.05) is 25.1 Å². The largest absolute Gasteiger partial charge is 0.507 e. The molecular formula is C21H20N4O3S. The van der Waals surface area contributed by atoms with E-state index < -0.39 is 0 Å². The molecule has 0 saturated carbocycles. The normalized spacial score (nSPS) is 11.3. The summed E-state index contributed by atoms with van der Waals surface area (Å²) in [6, 6.07) is 18.5. The summed E-state index contributed by atoms with van der Waals surface area (Å²) in [6.45, 7) is 0.159. The summed E-state index contributed by atoms with van der Waals surface area (Å²) in [4.78, 5) is 16.2. The number of nitrogens with zero attached hydrogens (tertiary/aromatic N) is 3. The third-order valence-electron chi connectivity index (χ3n) is 4.31. The number of benzene rings is 3. The van der Waals surface area contributed by atoms with Crippen LogP contribution in [0.3, 0.4) is 0 Å². The van der Waals surface area contributed by atoms with Crippen LogP contribution in [0.1, 0.15) is 5.56 Å². The lowest BCUT2D eigenvalue weighted by Gasteiger charge is -2.26. The van der Waals surface area contributed by atoms with Gasteiger partial charge in [0.1, 0.15) is 30.5 Å². The molecule has 0 aliphatic carbocycles. The van der Waals surface area contributed by atoms with Crippen LogP contribution in [0, 0.1) is 4.91 Å². The van der Waals surface area contributed by atoms with Gasteiger partial charge in [-0.05, 0) is 35.8 Å². The number of fused-ring (bicyclic) bond motifs is 1. The first-order valence-corrected chi connectivity index (χ1v) is 9.27. The zero-order chi connectivity index (χ0) is 20.8. The lowest BCUT2D eigenvalue weighted by atomic mass is 10.1. The van der Waals surface area contributed by atoms with Crippen molar-refractivity contribution in [3.8, 4) is 11.5 Å². The van der Waals surface area contributed by atoms with Crippen LogP contribution in [-0.4, -0.2) is 36.3 Å². The number of amidine groups is 1. The minimum Gasteiger partial charge on any atom is -0.507 e. The third-order valence-corrected chi connectivity index (χ3v) is 4.50. The van der Waals surface area contributed by atoms with E-state index >= 15 is 0 Å². The van der Waals surface area contributed by atoms with E-state index in [0.29, 0.717) is 17.1 Å².